The fourth-order valence-electron chi connectivity index (χ4n) is 2.27. The van der Waals surface area contributed by atoms with Gasteiger partial charge in [0.05, 0.1) is 12.9 Å². The largest absolute Gasteiger partial charge is 0.501 e. The average Bonchev–Trinajstić information content (AvgIpc) is 2.52. The van der Waals surface area contributed by atoms with Crippen LogP contribution in [0.25, 0.3) is 0 Å². The summed E-state index contributed by atoms with van der Waals surface area (Å²) in [5.41, 5.74) is 0.980. The molecule has 0 radical (unpaired) electrons. The first-order chi connectivity index (χ1) is 10.2. The van der Waals surface area contributed by atoms with Gasteiger partial charge in [-0.3, -0.25) is 0 Å². The van der Waals surface area contributed by atoms with Gasteiger partial charge in [-0.05, 0) is 34.9 Å². The van der Waals surface area contributed by atoms with Crippen molar-refractivity contribution in [1.29, 1.82) is 0 Å². The van der Waals surface area contributed by atoms with E-state index in [-0.39, 0.29) is 5.82 Å². The number of aromatic nitrogens is 1. The Morgan fingerprint density at radius 3 is 2.95 bits per heavy atom. The van der Waals surface area contributed by atoms with E-state index < -0.39 is 4.92 Å². The van der Waals surface area contributed by atoms with Crippen LogP contribution >= 0.6 is 0 Å². The Kier molecular flexibility index (Phi) is 4.92. The molecule has 6 heteroatoms. The van der Waals surface area contributed by atoms with Crippen molar-refractivity contribution in [2.45, 2.75) is 26.2 Å². The van der Waals surface area contributed by atoms with E-state index in [4.69, 9.17) is 4.74 Å². The van der Waals surface area contributed by atoms with E-state index in [1.807, 2.05) is 11.0 Å². The molecule has 1 aliphatic rings. The highest BCUT2D eigenvalue weighted by Gasteiger charge is 2.20. The Bertz CT molecular complexity index is 581. The van der Waals surface area contributed by atoms with Gasteiger partial charge in [-0.15, -0.1) is 0 Å². The summed E-state index contributed by atoms with van der Waals surface area (Å²) in [5, 5.41) is 10.9. The second-order valence-electron chi connectivity index (χ2n) is 4.75. The van der Waals surface area contributed by atoms with Crippen molar-refractivity contribution in [1.82, 2.24) is 4.98 Å². The Balaban J connectivity index is 2.35. The normalized spacial score (nSPS) is 14.2. The van der Waals surface area contributed by atoms with Crippen LogP contribution in [-0.2, 0) is 4.74 Å². The van der Waals surface area contributed by atoms with Crippen LogP contribution in [0.2, 0.25) is 0 Å². The lowest BCUT2D eigenvalue weighted by atomic mass is 10.1. The summed E-state index contributed by atoms with van der Waals surface area (Å²) in [5.74, 6) is 1.37. The van der Waals surface area contributed by atoms with E-state index in [1.165, 1.54) is 6.07 Å². The summed E-state index contributed by atoms with van der Waals surface area (Å²) >= 11 is 0. The zero-order valence-electron chi connectivity index (χ0n) is 12.3. The van der Waals surface area contributed by atoms with Gasteiger partial charge in [-0.1, -0.05) is 13.0 Å². The fraction of sp³-hybridized carbons (Fsp3) is 0.400. The summed E-state index contributed by atoms with van der Waals surface area (Å²) in [7, 11) is 1.66. The number of hydrogen-bond acceptors (Lipinski definition) is 5. The van der Waals surface area contributed by atoms with Crippen LogP contribution in [0.15, 0.2) is 41.8 Å². The molecule has 0 amide bonds. The minimum atomic E-state index is -0.473. The molecule has 0 atom stereocenters. The number of anilines is 1. The van der Waals surface area contributed by atoms with Gasteiger partial charge in [-0.25, -0.2) is 0 Å². The number of ether oxygens (including phenoxy) is 1. The van der Waals surface area contributed by atoms with Gasteiger partial charge in [-0.2, -0.15) is 0 Å². The van der Waals surface area contributed by atoms with Crippen molar-refractivity contribution in [3.05, 3.63) is 51.9 Å². The van der Waals surface area contributed by atoms with Gasteiger partial charge in [0.1, 0.15) is 0 Å². The first-order valence-corrected chi connectivity index (χ1v) is 6.99. The second-order valence-corrected chi connectivity index (χ2v) is 4.75. The smallest absolute Gasteiger partial charge is 0.365 e. The second kappa shape index (κ2) is 6.88. The van der Waals surface area contributed by atoms with Crippen LogP contribution in [-0.4, -0.2) is 23.6 Å². The lowest BCUT2D eigenvalue weighted by Crippen LogP contribution is -2.25. The SMILES string of the molecule is CCCN(C1=CCCC(OC)=C1)c1cccc([N+](=O)[O-])n1. The van der Waals surface area contributed by atoms with Crippen molar-refractivity contribution in [2.75, 3.05) is 18.6 Å². The number of allylic oxidation sites excluding steroid dienone is 3. The zero-order valence-corrected chi connectivity index (χ0v) is 12.3. The monoisotopic (exact) mass is 289 g/mol. The van der Waals surface area contributed by atoms with Crippen LogP contribution in [0.1, 0.15) is 26.2 Å². The molecule has 0 spiro atoms. The predicted octanol–water partition coefficient (Wildman–Crippen LogP) is 3.41. The van der Waals surface area contributed by atoms with Crippen LogP contribution in [0.4, 0.5) is 11.6 Å². The number of pyridine rings is 1. The summed E-state index contributed by atoms with van der Waals surface area (Å²) < 4.78 is 5.31. The Labute approximate surface area is 123 Å². The van der Waals surface area contributed by atoms with Crippen LogP contribution < -0.4 is 4.90 Å². The van der Waals surface area contributed by atoms with Gasteiger partial charge < -0.3 is 19.8 Å². The molecule has 1 aromatic rings. The predicted molar refractivity (Wildman–Crippen MR) is 80.9 cm³/mol. The molecule has 0 unspecified atom stereocenters. The van der Waals surface area contributed by atoms with E-state index in [1.54, 1.807) is 19.2 Å². The molecule has 0 N–H and O–H groups in total. The fourth-order valence-corrected chi connectivity index (χ4v) is 2.27. The van der Waals surface area contributed by atoms with E-state index in [0.29, 0.717) is 5.82 Å². The number of rotatable bonds is 6. The maximum atomic E-state index is 10.9. The molecule has 0 aromatic carbocycles. The molecule has 21 heavy (non-hydrogen) atoms. The van der Waals surface area contributed by atoms with E-state index in [2.05, 4.69) is 18.0 Å². The molecule has 0 saturated heterocycles. The summed E-state index contributed by atoms with van der Waals surface area (Å²) in [4.78, 5) is 16.5. The Hall–Kier alpha value is -2.37. The Morgan fingerprint density at radius 1 is 1.48 bits per heavy atom. The summed E-state index contributed by atoms with van der Waals surface area (Å²) in [6.45, 7) is 2.81. The van der Waals surface area contributed by atoms with Crippen molar-refractivity contribution < 1.29 is 9.66 Å². The van der Waals surface area contributed by atoms with Gasteiger partial charge in [0.15, 0.2) is 0 Å². The molecular weight excluding hydrogens is 270 g/mol. The molecule has 1 heterocycles. The minimum Gasteiger partial charge on any atom is -0.501 e. The third kappa shape index (κ3) is 3.59. The zero-order chi connectivity index (χ0) is 15.2. The topological polar surface area (TPSA) is 68.5 Å². The molecule has 6 nitrogen and oxygen atoms in total. The van der Waals surface area contributed by atoms with E-state index in [9.17, 15) is 10.1 Å². The molecule has 0 saturated carbocycles. The van der Waals surface area contributed by atoms with Crippen molar-refractivity contribution in [3.8, 4) is 0 Å². The minimum absolute atomic E-state index is 0.138. The van der Waals surface area contributed by atoms with Crippen molar-refractivity contribution in [3.63, 3.8) is 0 Å². The lowest BCUT2D eigenvalue weighted by Gasteiger charge is -2.24. The van der Waals surface area contributed by atoms with Crippen LogP contribution in [0.3, 0.4) is 0 Å². The molecule has 1 aromatic heterocycles. The Morgan fingerprint density at radius 2 is 2.29 bits per heavy atom. The molecule has 2 rings (SSSR count). The maximum Gasteiger partial charge on any atom is 0.365 e. The molecule has 0 aliphatic heterocycles. The van der Waals surface area contributed by atoms with Gasteiger partial charge >= 0.3 is 5.82 Å². The first kappa shape index (κ1) is 15.0. The molecule has 112 valence electrons. The molecule has 0 fully saturated rings. The highest BCUT2D eigenvalue weighted by Crippen LogP contribution is 2.26. The molecular formula is C15H19N3O3. The van der Waals surface area contributed by atoms with Gasteiger partial charge in [0, 0.05) is 30.8 Å². The number of methoxy groups -OCH3 is 1. The first-order valence-electron chi connectivity index (χ1n) is 6.99. The summed E-state index contributed by atoms with van der Waals surface area (Å²) in [6, 6.07) is 4.85. The quantitative estimate of drug-likeness (QED) is 0.593. The number of nitrogens with zero attached hydrogens (tertiary/aromatic N) is 3. The molecule has 0 bridgehead atoms. The third-order valence-electron chi connectivity index (χ3n) is 3.26. The van der Waals surface area contributed by atoms with E-state index in [0.717, 1.165) is 37.3 Å². The standard InChI is InChI=1S/C15H19N3O3/c1-3-10-17(12-6-4-7-13(11-12)21-2)14-8-5-9-15(16-14)18(19)20/h5-6,8-9,11H,3-4,7,10H2,1-2H3. The van der Waals surface area contributed by atoms with Crippen molar-refractivity contribution >= 4 is 11.6 Å². The van der Waals surface area contributed by atoms with Crippen molar-refractivity contribution in [2.24, 2.45) is 0 Å². The van der Waals surface area contributed by atoms with Gasteiger partial charge in [0.2, 0.25) is 5.82 Å². The number of hydrogen-bond donors (Lipinski definition) is 0. The van der Waals surface area contributed by atoms with E-state index >= 15 is 0 Å². The van der Waals surface area contributed by atoms with Crippen LogP contribution in [0, 0.1) is 10.1 Å². The highest BCUT2D eigenvalue weighted by atomic mass is 16.6. The van der Waals surface area contributed by atoms with Gasteiger partial charge in [0.25, 0.3) is 0 Å². The average molecular weight is 289 g/mol. The lowest BCUT2D eigenvalue weighted by molar-refractivity contribution is -0.389. The van der Waals surface area contributed by atoms with Crippen LogP contribution in [0.5, 0.6) is 0 Å². The highest BCUT2D eigenvalue weighted by molar-refractivity contribution is 5.52. The maximum absolute atomic E-state index is 10.9. The third-order valence-corrected chi connectivity index (χ3v) is 3.26. The summed E-state index contributed by atoms with van der Waals surface area (Å²) in [6.07, 6.45) is 6.77. The molecule has 1 aliphatic carbocycles. The number of nitro groups is 1.